The van der Waals surface area contributed by atoms with E-state index in [9.17, 15) is 4.79 Å². The van der Waals surface area contributed by atoms with Crippen molar-refractivity contribution in [3.05, 3.63) is 19.0 Å². The molecule has 1 aliphatic carbocycles. The van der Waals surface area contributed by atoms with Crippen LogP contribution in [0.4, 0.5) is 5.95 Å². The van der Waals surface area contributed by atoms with E-state index < -0.39 is 0 Å². The van der Waals surface area contributed by atoms with E-state index in [4.69, 9.17) is 0 Å². The Morgan fingerprint density at radius 3 is 2.94 bits per heavy atom. The number of aryl methyl sites for hydroxylation is 1. The van der Waals surface area contributed by atoms with Crippen molar-refractivity contribution in [1.82, 2.24) is 14.8 Å². The number of nitrogens with one attached hydrogen (secondary N) is 1. The van der Waals surface area contributed by atoms with Crippen LogP contribution in [0.1, 0.15) is 25.7 Å². The number of allylic oxidation sites excluding steroid dienone is 1. The third-order valence-electron chi connectivity index (χ3n) is 3.26. The van der Waals surface area contributed by atoms with Gasteiger partial charge >= 0.3 is 0 Å². The van der Waals surface area contributed by atoms with Gasteiger partial charge in [0.2, 0.25) is 11.9 Å². The normalized spacial score (nSPS) is 17.6. The molecule has 1 amide bonds. The summed E-state index contributed by atoms with van der Waals surface area (Å²) in [5.41, 5.74) is -0.256. The highest BCUT2D eigenvalue weighted by atomic mass is 16.2. The topological polar surface area (TPSA) is 59.8 Å². The van der Waals surface area contributed by atoms with E-state index >= 15 is 0 Å². The number of carbonyl (C=O) groups excluding carboxylic acids is 1. The molecule has 0 spiro atoms. The summed E-state index contributed by atoms with van der Waals surface area (Å²) < 4.78 is 1.55. The maximum Gasteiger partial charge on any atom is 0.233 e. The van der Waals surface area contributed by atoms with Gasteiger partial charge in [-0.15, -0.1) is 6.58 Å². The van der Waals surface area contributed by atoms with E-state index in [-0.39, 0.29) is 11.3 Å². The van der Waals surface area contributed by atoms with E-state index in [1.54, 1.807) is 11.7 Å². The second kappa shape index (κ2) is 4.08. The molecule has 1 aromatic rings. The van der Waals surface area contributed by atoms with Crippen molar-refractivity contribution in [2.45, 2.75) is 25.7 Å². The lowest BCUT2D eigenvalue weighted by atomic mass is 9.66. The van der Waals surface area contributed by atoms with Crippen LogP contribution >= 0.6 is 0 Å². The third kappa shape index (κ3) is 1.73. The summed E-state index contributed by atoms with van der Waals surface area (Å²) in [4.78, 5) is 16.1. The lowest BCUT2D eigenvalue weighted by molar-refractivity contribution is -0.130. The summed E-state index contributed by atoms with van der Waals surface area (Å²) in [5.74, 6) is 0.537. The molecule has 5 nitrogen and oxygen atoms in total. The predicted octanol–water partition coefficient (Wildman–Crippen LogP) is 1.50. The van der Waals surface area contributed by atoms with Crippen LogP contribution in [0, 0.1) is 5.41 Å². The van der Waals surface area contributed by atoms with Crippen LogP contribution < -0.4 is 5.32 Å². The second-order valence-corrected chi connectivity index (χ2v) is 4.29. The van der Waals surface area contributed by atoms with E-state index in [0.717, 1.165) is 25.7 Å². The first-order valence-corrected chi connectivity index (χ1v) is 5.44. The minimum atomic E-state index is -0.256. The Morgan fingerprint density at radius 1 is 1.75 bits per heavy atom. The van der Waals surface area contributed by atoms with Gasteiger partial charge in [0.25, 0.3) is 0 Å². The van der Waals surface area contributed by atoms with Crippen molar-refractivity contribution < 1.29 is 4.79 Å². The smallest absolute Gasteiger partial charge is 0.233 e. The SMILES string of the molecule is C=CCC1(C(=O)Nc2ncnn2C)CCC1. The minimum absolute atomic E-state index is 0.0368. The molecule has 0 unspecified atom stereocenters. The third-order valence-corrected chi connectivity index (χ3v) is 3.26. The molecule has 0 radical (unpaired) electrons. The first-order chi connectivity index (χ1) is 7.68. The summed E-state index contributed by atoms with van der Waals surface area (Å²) in [5, 5.41) is 6.73. The molecule has 1 N–H and O–H groups in total. The van der Waals surface area contributed by atoms with Crippen LogP contribution in [0.2, 0.25) is 0 Å². The van der Waals surface area contributed by atoms with Gasteiger partial charge in [0.05, 0.1) is 5.41 Å². The van der Waals surface area contributed by atoms with Crippen molar-refractivity contribution in [3.8, 4) is 0 Å². The number of carbonyl (C=O) groups is 1. The summed E-state index contributed by atoms with van der Waals surface area (Å²) in [7, 11) is 1.75. The Kier molecular flexibility index (Phi) is 2.77. The molecule has 0 saturated heterocycles. The Balaban J connectivity index is 2.07. The average Bonchev–Trinajstić information content (AvgIpc) is 2.58. The zero-order chi connectivity index (χ0) is 11.6. The quantitative estimate of drug-likeness (QED) is 0.782. The van der Waals surface area contributed by atoms with Crippen molar-refractivity contribution in [1.29, 1.82) is 0 Å². The summed E-state index contributed by atoms with van der Waals surface area (Å²) in [6.45, 7) is 3.71. The molecular formula is C11H16N4O. The number of amides is 1. The maximum absolute atomic E-state index is 12.1. The molecule has 1 fully saturated rings. The molecular weight excluding hydrogens is 204 g/mol. The van der Waals surface area contributed by atoms with Gasteiger partial charge in [-0.2, -0.15) is 10.1 Å². The molecule has 86 valence electrons. The molecule has 0 aliphatic heterocycles. The first kappa shape index (κ1) is 10.9. The molecule has 0 atom stereocenters. The van der Waals surface area contributed by atoms with Gasteiger partial charge in [-0.25, -0.2) is 4.68 Å². The fraction of sp³-hybridized carbons (Fsp3) is 0.545. The number of rotatable bonds is 4. The average molecular weight is 220 g/mol. The number of hydrogen-bond donors (Lipinski definition) is 1. The summed E-state index contributed by atoms with van der Waals surface area (Å²) in [6, 6.07) is 0. The van der Waals surface area contributed by atoms with E-state index in [0.29, 0.717) is 5.95 Å². The number of anilines is 1. The molecule has 1 heterocycles. The highest BCUT2D eigenvalue weighted by Gasteiger charge is 2.43. The molecule has 5 heteroatoms. The van der Waals surface area contributed by atoms with Crippen LogP contribution in [0.5, 0.6) is 0 Å². The van der Waals surface area contributed by atoms with Crippen molar-refractivity contribution in [3.63, 3.8) is 0 Å². The van der Waals surface area contributed by atoms with Crippen LogP contribution in [0.25, 0.3) is 0 Å². The van der Waals surface area contributed by atoms with Crippen LogP contribution in [-0.2, 0) is 11.8 Å². The summed E-state index contributed by atoms with van der Waals surface area (Å²) >= 11 is 0. The Morgan fingerprint density at radius 2 is 2.50 bits per heavy atom. The van der Waals surface area contributed by atoms with Gasteiger partial charge in [0.15, 0.2) is 0 Å². The van der Waals surface area contributed by atoms with E-state index in [1.807, 2.05) is 6.08 Å². The standard InChI is InChI=1S/C11H16N4O/c1-3-5-11(6-4-7-11)9(16)14-10-12-8-13-15(10)2/h3,8H,1,4-7H2,2H3,(H,12,13,14,16). The van der Waals surface area contributed by atoms with Crippen molar-refractivity contribution in [2.75, 3.05) is 5.32 Å². The lowest BCUT2D eigenvalue weighted by Crippen LogP contribution is -2.42. The van der Waals surface area contributed by atoms with Gasteiger partial charge < -0.3 is 0 Å². The Bertz CT molecular complexity index is 406. The van der Waals surface area contributed by atoms with E-state index in [1.165, 1.54) is 6.33 Å². The molecule has 0 aromatic carbocycles. The predicted molar refractivity (Wildman–Crippen MR) is 60.7 cm³/mol. The van der Waals surface area contributed by atoms with Gasteiger partial charge in [0, 0.05) is 7.05 Å². The van der Waals surface area contributed by atoms with E-state index in [2.05, 4.69) is 22.0 Å². The molecule has 0 bridgehead atoms. The molecule has 2 rings (SSSR count). The zero-order valence-electron chi connectivity index (χ0n) is 9.44. The highest BCUT2D eigenvalue weighted by Crippen LogP contribution is 2.44. The highest BCUT2D eigenvalue weighted by molar-refractivity contribution is 5.94. The summed E-state index contributed by atoms with van der Waals surface area (Å²) in [6.07, 6.45) is 6.95. The number of nitrogens with zero attached hydrogens (tertiary/aromatic N) is 3. The fourth-order valence-electron chi connectivity index (χ4n) is 2.05. The minimum Gasteiger partial charge on any atom is -0.294 e. The molecule has 1 aromatic heterocycles. The van der Waals surface area contributed by atoms with Crippen LogP contribution in [0.15, 0.2) is 19.0 Å². The molecule has 16 heavy (non-hydrogen) atoms. The van der Waals surface area contributed by atoms with Crippen LogP contribution in [-0.4, -0.2) is 20.7 Å². The van der Waals surface area contributed by atoms with Crippen LogP contribution in [0.3, 0.4) is 0 Å². The monoisotopic (exact) mass is 220 g/mol. The fourth-order valence-corrected chi connectivity index (χ4v) is 2.05. The maximum atomic E-state index is 12.1. The van der Waals surface area contributed by atoms with Gasteiger partial charge in [0.1, 0.15) is 6.33 Å². The Hall–Kier alpha value is -1.65. The lowest BCUT2D eigenvalue weighted by Gasteiger charge is -2.39. The van der Waals surface area contributed by atoms with Gasteiger partial charge in [-0.1, -0.05) is 12.5 Å². The number of aromatic nitrogens is 3. The molecule has 1 aliphatic rings. The largest absolute Gasteiger partial charge is 0.294 e. The first-order valence-electron chi connectivity index (χ1n) is 5.44. The zero-order valence-corrected chi connectivity index (χ0v) is 9.44. The van der Waals surface area contributed by atoms with Crippen molar-refractivity contribution >= 4 is 11.9 Å². The number of hydrogen-bond acceptors (Lipinski definition) is 3. The molecule has 1 saturated carbocycles. The van der Waals surface area contributed by atoms with Gasteiger partial charge in [-0.3, -0.25) is 10.1 Å². The Labute approximate surface area is 94.6 Å². The second-order valence-electron chi connectivity index (χ2n) is 4.29. The van der Waals surface area contributed by atoms with Gasteiger partial charge in [-0.05, 0) is 19.3 Å². The van der Waals surface area contributed by atoms with Crippen molar-refractivity contribution in [2.24, 2.45) is 12.5 Å².